The van der Waals surface area contributed by atoms with Gasteiger partial charge in [-0.05, 0) is 70.0 Å². The van der Waals surface area contributed by atoms with Crippen LogP contribution in [0.4, 0.5) is 5.82 Å². The van der Waals surface area contributed by atoms with Crippen molar-refractivity contribution in [3.05, 3.63) is 64.8 Å². The number of aromatic nitrogens is 3. The normalized spacial score (nSPS) is 18.2. The Balaban J connectivity index is 1.85. The zero-order chi connectivity index (χ0) is 22.9. The summed E-state index contributed by atoms with van der Waals surface area (Å²) in [5.41, 5.74) is 12.1. The summed E-state index contributed by atoms with van der Waals surface area (Å²) in [4.78, 5) is 4.62. The predicted octanol–water partition coefficient (Wildman–Crippen LogP) is 5.00. The number of hydrogen-bond donors (Lipinski definition) is 2. The second-order valence-electron chi connectivity index (χ2n) is 8.94. The molecule has 0 aliphatic carbocycles. The van der Waals surface area contributed by atoms with Gasteiger partial charge in [0.1, 0.15) is 11.5 Å². The highest BCUT2D eigenvalue weighted by molar-refractivity contribution is 7.99. The van der Waals surface area contributed by atoms with E-state index in [-0.39, 0.29) is 5.25 Å². The lowest BCUT2D eigenvalue weighted by molar-refractivity contribution is 0.660. The number of nitrogens with two attached hydrogens (primary N) is 1. The van der Waals surface area contributed by atoms with Crippen molar-refractivity contribution in [1.82, 2.24) is 14.8 Å². The lowest BCUT2D eigenvalue weighted by Crippen LogP contribution is -2.29. The molecule has 0 bridgehead atoms. The van der Waals surface area contributed by atoms with E-state index < -0.39 is 5.54 Å². The van der Waals surface area contributed by atoms with Gasteiger partial charge >= 0.3 is 0 Å². The Hall–Kier alpha value is -2.75. The summed E-state index contributed by atoms with van der Waals surface area (Å²) < 4.78 is 2.08. The number of pyridine rings is 1. The lowest BCUT2D eigenvalue weighted by Gasteiger charge is -2.19. The van der Waals surface area contributed by atoms with Gasteiger partial charge in [-0.25, -0.2) is 4.68 Å². The van der Waals surface area contributed by atoms with Gasteiger partial charge in [0.2, 0.25) is 0 Å². The van der Waals surface area contributed by atoms with E-state index in [4.69, 9.17) is 10.8 Å². The Kier molecular flexibility index (Phi) is 6.32. The van der Waals surface area contributed by atoms with Crippen LogP contribution in [-0.2, 0) is 6.54 Å². The van der Waals surface area contributed by atoms with E-state index in [1.165, 1.54) is 16.7 Å². The van der Waals surface area contributed by atoms with E-state index in [1.54, 1.807) is 0 Å². The first-order valence-corrected chi connectivity index (χ1v) is 12.1. The molecule has 0 radical (unpaired) electrons. The number of benzene rings is 1. The maximum atomic E-state index is 6.04. The summed E-state index contributed by atoms with van der Waals surface area (Å²) in [5, 5.41) is 8.85. The van der Waals surface area contributed by atoms with Crippen molar-refractivity contribution >= 4 is 17.6 Å². The van der Waals surface area contributed by atoms with Crippen LogP contribution < -0.4 is 11.1 Å². The molecule has 1 aromatic carbocycles. The summed E-state index contributed by atoms with van der Waals surface area (Å²) in [6, 6.07) is 12.8. The van der Waals surface area contributed by atoms with Gasteiger partial charge in [0, 0.05) is 35.7 Å². The second kappa shape index (κ2) is 9.01. The molecule has 166 valence electrons. The molecule has 0 fully saturated rings. The van der Waals surface area contributed by atoms with Crippen molar-refractivity contribution in [3.63, 3.8) is 0 Å². The molecular formula is C26H31N5S. The largest absolute Gasteiger partial charge is 0.367 e. The number of rotatable bonds is 3. The third kappa shape index (κ3) is 4.69. The standard InChI is InChI=1S/C26H31N5S/c1-6-31-25-22(23(30-31)21-9-7-8-14-28-21)24(32-16-18(3)29-25)20-11-10-19(15-17(20)2)12-13-26(4,5)27/h7-11,14-15,18,24,29H,6,16,27H2,1-5H3/t18-,24?/m1/s1. The van der Waals surface area contributed by atoms with E-state index >= 15 is 0 Å². The molecule has 3 aromatic rings. The molecule has 0 saturated carbocycles. The molecule has 0 saturated heterocycles. The van der Waals surface area contributed by atoms with Gasteiger partial charge in [0.15, 0.2) is 0 Å². The van der Waals surface area contributed by atoms with Crippen LogP contribution in [0.25, 0.3) is 11.4 Å². The minimum atomic E-state index is -0.507. The molecule has 5 nitrogen and oxygen atoms in total. The van der Waals surface area contributed by atoms with Crippen molar-refractivity contribution < 1.29 is 0 Å². The molecule has 32 heavy (non-hydrogen) atoms. The Bertz CT molecular complexity index is 1160. The summed E-state index contributed by atoms with van der Waals surface area (Å²) in [6.45, 7) is 11.2. The van der Waals surface area contributed by atoms with Crippen molar-refractivity contribution in [3.8, 4) is 23.2 Å². The molecule has 1 aliphatic rings. The fraction of sp³-hybridized carbons (Fsp3) is 0.385. The van der Waals surface area contributed by atoms with Crippen molar-refractivity contribution in [1.29, 1.82) is 0 Å². The van der Waals surface area contributed by atoms with Crippen LogP contribution in [0.1, 0.15) is 55.2 Å². The Labute approximate surface area is 195 Å². The van der Waals surface area contributed by atoms with Crippen molar-refractivity contribution in [2.24, 2.45) is 5.73 Å². The molecule has 3 heterocycles. The van der Waals surface area contributed by atoms with Gasteiger partial charge in [-0.1, -0.05) is 24.0 Å². The average molecular weight is 446 g/mol. The first-order chi connectivity index (χ1) is 15.3. The molecule has 2 aromatic heterocycles. The third-order valence-corrected chi connectivity index (χ3v) is 6.95. The summed E-state index contributed by atoms with van der Waals surface area (Å²) in [6.07, 6.45) is 1.83. The van der Waals surface area contributed by atoms with Gasteiger partial charge in [-0.2, -0.15) is 5.10 Å². The Morgan fingerprint density at radius 2 is 2.09 bits per heavy atom. The van der Waals surface area contributed by atoms with Gasteiger partial charge in [-0.3, -0.25) is 4.98 Å². The smallest absolute Gasteiger partial charge is 0.129 e. The van der Waals surface area contributed by atoms with E-state index in [0.717, 1.165) is 35.1 Å². The monoisotopic (exact) mass is 445 g/mol. The van der Waals surface area contributed by atoms with Crippen LogP contribution in [0.5, 0.6) is 0 Å². The fourth-order valence-electron chi connectivity index (χ4n) is 3.92. The number of hydrogen-bond acceptors (Lipinski definition) is 5. The summed E-state index contributed by atoms with van der Waals surface area (Å²) in [7, 11) is 0. The molecular weight excluding hydrogens is 414 g/mol. The minimum absolute atomic E-state index is 0.160. The van der Waals surface area contributed by atoms with Gasteiger partial charge < -0.3 is 11.1 Å². The van der Waals surface area contributed by atoms with Crippen molar-refractivity contribution in [2.75, 3.05) is 11.1 Å². The van der Waals surface area contributed by atoms with Crippen LogP contribution >= 0.6 is 11.8 Å². The molecule has 6 heteroatoms. The first kappa shape index (κ1) is 22.4. The zero-order valence-electron chi connectivity index (χ0n) is 19.4. The number of nitrogens with zero attached hydrogens (tertiary/aromatic N) is 3. The summed E-state index contributed by atoms with van der Waals surface area (Å²) >= 11 is 1.96. The topological polar surface area (TPSA) is 68.8 Å². The molecule has 1 unspecified atom stereocenters. The highest BCUT2D eigenvalue weighted by atomic mass is 32.2. The summed E-state index contributed by atoms with van der Waals surface area (Å²) in [5.74, 6) is 8.46. The van der Waals surface area contributed by atoms with E-state index in [1.807, 2.05) is 50.0 Å². The van der Waals surface area contributed by atoms with Gasteiger partial charge in [0.05, 0.1) is 16.5 Å². The number of anilines is 1. The number of fused-ring (bicyclic) bond motifs is 1. The van der Waals surface area contributed by atoms with E-state index in [9.17, 15) is 0 Å². The van der Waals surface area contributed by atoms with Gasteiger partial charge in [0.25, 0.3) is 0 Å². The first-order valence-electron chi connectivity index (χ1n) is 11.1. The van der Waals surface area contributed by atoms with E-state index in [0.29, 0.717) is 6.04 Å². The van der Waals surface area contributed by atoms with Crippen LogP contribution in [0.2, 0.25) is 0 Å². The average Bonchev–Trinajstić information content (AvgIpc) is 3.02. The molecule has 4 rings (SSSR count). The maximum absolute atomic E-state index is 6.04. The Morgan fingerprint density at radius 3 is 2.75 bits per heavy atom. The fourth-order valence-corrected chi connectivity index (χ4v) is 5.32. The van der Waals surface area contributed by atoms with Crippen LogP contribution in [0.3, 0.4) is 0 Å². The highest BCUT2D eigenvalue weighted by Gasteiger charge is 2.32. The van der Waals surface area contributed by atoms with Gasteiger partial charge in [-0.15, -0.1) is 11.8 Å². The highest BCUT2D eigenvalue weighted by Crippen LogP contribution is 2.47. The maximum Gasteiger partial charge on any atom is 0.129 e. The van der Waals surface area contributed by atoms with Crippen LogP contribution in [-0.4, -0.2) is 32.1 Å². The number of nitrogens with one attached hydrogen (secondary N) is 1. The van der Waals surface area contributed by atoms with Crippen LogP contribution in [0.15, 0.2) is 42.6 Å². The number of thioether (sulfide) groups is 1. The molecule has 1 aliphatic heterocycles. The lowest BCUT2D eigenvalue weighted by atomic mass is 9.96. The molecule has 0 spiro atoms. The predicted molar refractivity (Wildman–Crippen MR) is 135 cm³/mol. The molecule has 0 amide bonds. The SMILES string of the molecule is CCn1nc(-c2ccccn2)c2c1N[C@H](C)CSC2c1ccc(C#CC(C)(C)N)cc1C. The van der Waals surface area contributed by atoms with Crippen LogP contribution in [0, 0.1) is 18.8 Å². The zero-order valence-corrected chi connectivity index (χ0v) is 20.3. The number of aryl methyl sites for hydroxylation is 2. The third-order valence-electron chi connectivity index (χ3n) is 5.44. The minimum Gasteiger partial charge on any atom is -0.367 e. The molecule has 2 atom stereocenters. The Morgan fingerprint density at radius 1 is 1.28 bits per heavy atom. The van der Waals surface area contributed by atoms with Crippen molar-refractivity contribution in [2.45, 2.75) is 58.0 Å². The van der Waals surface area contributed by atoms with E-state index in [2.05, 4.69) is 65.8 Å². The quantitative estimate of drug-likeness (QED) is 0.555. The molecule has 3 N–H and O–H groups in total. The second-order valence-corrected chi connectivity index (χ2v) is 10.1.